The molecule has 0 aromatic carbocycles. The molecule has 0 spiro atoms. The van der Waals surface area contributed by atoms with Crippen LogP contribution in [0.1, 0.15) is 19.3 Å². The highest BCUT2D eigenvalue weighted by Gasteiger charge is 1.91. The quantitative estimate of drug-likeness (QED) is 0.276. The fraction of sp³-hybridized carbons (Fsp3) is 0.444. The zero-order chi connectivity index (χ0) is 7.82. The predicted octanol–water partition coefficient (Wildman–Crippen LogP) is 3.45. The minimum atomic E-state index is 0.896. The van der Waals surface area contributed by atoms with Crippen LogP contribution in [0.4, 0.5) is 0 Å². The highest BCUT2D eigenvalue weighted by molar-refractivity contribution is 9.09. The maximum Gasteiger partial charge on any atom is 0.0317 e. The average Bonchev–Trinajstić information content (AvgIpc) is 1.99. The minimum absolute atomic E-state index is 0.896. The number of allylic oxidation sites excluding steroid dienone is 2. The van der Waals surface area contributed by atoms with Crippen LogP contribution in [0.5, 0.6) is 0 Å². The number of hydrogen-bond acceptors (Lipinski definition) is 0. The highest BCUT2D eigenvalue weighted by atomic mass is 79.9. The lowest BCUT2D eigenvalue weighted by Gasteiger charge is -1.96. The number of rotatable bonds is 5. The molecule has 0 atom stereocenters. The summed E-state index contributed by atoms with van der Waals surface area (Å²) in [6.45, 7) is 7.24. The van der Waals surface area contributed by atoms with Crippen molar-refractivity contribution in [3.8, 4) is 0 Å². The van der Waals surface area contributed by atoms with Gasteiger partial charge in [0.25, 0.3) is 0 Å². The van der Waals surface area contributed by atoms with Crippen molar-refractivity contribution in [1.29, 1.82) is 0 Å². The molecule has 0 fully saturated rings. The number of halogens is 1. The summed E-state index contributed by atoms with van der Waals surface area (Å²) in [6.07, 6.45) is 5.26. The van der Waals surface area contributed by atoms with Crippen molar-refractivity contribution in [2.24, 2.45) is 0 Å². The van der Waals surface area contributed by atoms with Crippen LogP contribution < -0.4 is 0 Å². The molecule has 0 rings (SSSR count). The van der Waals surface area contributed by atoms with Gasteiger partial charge in [-0.2, -0.15) is 0 Å². The van der Waals surface area contributed by atoms with Crippen molar-refractivity contribution in [3.63, 3.8) is 0 Å². The molecule has 0 aliphatic heterocycles. The number of hydrogen-bond donors (Lipinski definition) is 0. The predicted molar refractivity (Wildman–Crippen MR) is 50.5 cm³/mol. The smallest absolute Gasteiger partial charge is 0.0317 e. The third kappa shape index (κ3) is 4.60. The standard InChI is InChI=1S/C9H13Br/c1-3-5-6-7-9(4-2)8-10/h3H,1-2,5-8H2. The zero-order valence-electron chi connectivity index (χ0n) is 6.20. The Hall–Kier alpha value is -0.260. The van der Waals surface area contributed by atoms with Gasteiger partial charge < -0.3 is 0 Å². The number of alkyl halides is 1. The number of unbranched alkanes of at least 4 members (excludes halogenated alkanes) is 1. The van der Waals surface area contributed by atoms with Gasteiger partial charge in [-0.05, 0) is 24.8 Å². The molecule has 0 unspecified atom stereocenters. The van der Waals surface area contributed by atoms with Crippen LogP contribution in [-0.2, 0) is 0 Å². The first-order valence-corrected chi connectivity index (χ1v) is 4.52. The molecule has 0 aliphatic carbocycles. The SMILES string of the molecule is C=C=C(CBr)CCCC=C. The van der Waals surface area contributed by atoms with Crippen molar-refractivity contribution in [2.45, 2.75) is 19.3 Å². The van der Waals surface area contributed by atoms with Crippen molar-refractivity contribution in [1.82, 2.24) is 0 Å². The summed E-state index contributed by atoms with van der Waals surface area (Å²) in [5.41, 5.74) is 4.15. The van der Waals surface area contributed by atoms with Gasteiger partial charge in [0, 0.05) is 5.33 Å². The molecule has 0 heterocycles. The summed E-state index contributed by atoms with van der Waals surface area (Å²) < 4.78 is 0. The Morgan fingerprint density at radius 1 is 1.60 bits per heavy atom. The van der Waals surface area contributed by atoms with Crippen molar-refractivity contribution < 1.29 is 0 Å². The van der Waals surface area contributed by atoms with E-state index in [0.717, 1.165) is 24.6 Å². The van der Waals surface area contributed by atoms with Crippen molar-refractivity contribution >= 4 is 15.9 Å². The summed E-state index contributed by atoms with van der Waals surface area (Å²) in [5.74, 6) is 0. The van der Waals surface area contributed by atoms with Gasteiger partial charge in [0.15, 0.2) is 0 Å². The summed E-state index contributed by atoms with van der Waals surface area (Å²) >= 11 is 3.36. The molecule has 0 aliphatic rings. The van der Waals surface area contributed by atoms with Crippen LogP contribution in [0.2, 0.25) is 0 Å². The van der Waals surface area contributed by atoms with Gasteiger partial charge in [-0.25, -0.2) is 0 Å². The minimum Gasteiger partial charge on any atom is -0.129 e. The van der Waals surface area contributed by atoms with E-state index >= 15 is 0 Å². The Morgan fingerprint density at radius 2 is 2.30 bits per heavy atom. The van der Waals surface area contributed by atoms with Crippen LogP contribution in [-0.4, -0.2) is 5.33 Å². The molecule has 0 radical (unpaired) electrons. The second kappa shape index (κ2) is 6.85. The lowest BCUT2D eigenvalue weighted by molar-refractivity contribution is 0.838. The van der Waals surface area contributed by atoms with Gasteiger partial charge in [0.2, 0.25) is 0 Å². The van der Waals surface area contributed by atoms with Gasteiger partial charge in [-0.1, -0.05) is 28.6 Å². The van der Waals surface area contributed by atoms with E-state index in [9.17, 15) is 0 Å². The van der Waals surface area contributed by atoms with Gasteiger partial charge in [0.05, 0.1) is 0 Å². The Morgan fingerprint density at radius 3 is 2.70 bits per heavy atom. The Labute approximate surface area is 71.5 Å². The molecule has 0 saturated heterocycles. The molecule has 0 nitrogen and oxygen atoms in total. The molecule has 10 heavy (non-hydrogen) atoms. The monoisotopic (exact) mass is 200 g/mol. The lowest BCUT2D eigenvalue weighted by atomic mass is 10.1. The second-order valence-corrected chi connectivity index (χ2v) is 2.66. The van der Waals surface area contributed by atoms with E-state index in [1.165, 1.54) is 5.57 Å². The van der Waals surface area contributed by atoms with Crippen molar-refractivity contribution in [3.05, 3.63) is 30.5 Å². The first kappa shape index (κ1) is 9.74. The van der Waals surface area contributed by atoms with E-state index < -0.39 is 0 Å². The molecule has 0 aromatic heterocycles. The molecule has 56 valence electrons. The highest BCUT2D eigenvalue weighted by Crippen LogP contribution is 2.08. The maximum absolute atomic E-state index is 3.65. The van der Waals surface area contributed by atoms with Crippen LogP contribution in [0, 0.1) is 0 Å². The first-order valence-electron chi connectivity index (χ1n) is 3.39. The summed E-state index contributed by atoms with van der Waals surface area (Å²) in [6, 6.07) is 0. The van der Waals surface area contributed by atoms with E-state index in [2.05, 4.69) is 34.8 Å². The van der Waals surface area contributed by atoms with Gasteiger partial charge >= 0.3 is 0 Å². The Balaban J connectivity index is 3.46. The lowest BCUT2D eigenvalue weighted by Crippen LogP contribution is -1.81. The second-order valence-electron chi connectivity index (χ2n) is 2.09. The van der Waals surface area contributed by atoms with Gasteiger partial charge in [0.1, 0.15) is 0 Å². The first-order chi connectivity index (χ1) is 4.85. The fourth-order valence-corrected chi connectivity index (χ4v) is 1.14. The average molecular weight is 201 g/mol. The zero-order valence-corrected chi connectivity index (χ0v) is 7.78. The molecule has 0 amide bonds. The van der Waals surface area contributed by atoms with Gasteiger partial charge in [-0.15, -0.1) is 12.3 Å². The Kier molecular flexibility index (Phi) is 6.68. The van der Waals surface area contributed by atoms with Crippen LogP contribution >= 0.6 is 15.9 Å². The van der Waals surface area contributed by atoms with E-state index in [0.29, 0.717) is 0 Å². The third-order valence-corrected chi connectivity index (χ3v) is 1.97. The van der Waals surface area contributed by atoms with Crippen LogP contribution in [0.15, 0.2) is 30.5 Å². The van der Waals surface area contributed by atoms with E-state index in [-0.39, 0.29) is 0 Å². The van der Waals surface area contributed by atoms with Crippen LogP contribution in [0.25, 0.3) is 0 Å². The van der Waals surface area contributed by atoms with E-state index in [4.69, 9.17) is 0 Å². The summed E-state index contributed by atoms with van der Waals surface area (Å²) in [5, 5.41) is 0.896. The molecular formula is C9H13Br. The molecule has 0 N–H and O–H groups in total. The molecule has 0 aromatic rings. The van der Waals surface area contributed by atoms with Crippen LogP contribution in [0.3, 0.4) is 0 Å². The maximum atomic E-state index is 3.65. The molecule has 0 bridgehead atoms. The summed E-state index contributed by atoms with van der Waals surface area (Å²) in [4.78, 5) is 0. The normalized spacial score (nSPS) is 8.50. The fourth-order valence-electron chi connectivity index (χ4n) is 0.662. The van der Waals surface area contributed by atoms with Gasteiger partial charge in [-0.3, -0.25) is 0 Å². The molecule has 1 heteroatoms. The molecular weight excluding hydrogens is 188 g/mol. The topological polar surface area (TPSA) is 0 Å². The third-order valence-electron chi connectivity index (χ3n) is 1.30. The van der Waals surface area contributed by atoms with E-state index in [1.54, 1.807) is 0 Å². The Bertz CT molecular complexity index is 141. The van der Waals surface area contributed by atoms with Crippen molar-refractivity contribution in [2.75, 3.05) is 5.33 Å². The molecule has 0 saturated carbocycles. The largest absolute Gasteiger partial charge is 0.129 e. The van der Waals surface area contributed by atoms with E-state index in [1.807, 2.05) is 6.08 Å². The summed E-state index contributed by atoms with van der Waals surface area (Å²) in [7, 11) is 0.